The summed E-state index contributed by atoms with van der Waals surface area (Å²) in [6, 6.07) is -0.155. The molecule has 0 aromatic heterocycles. The van der Waals surface area contributed by atoms with Crippen molar-refractivity contribution in [3.8, 4) is 0 Å². The van der Waals surface area contributed by atoms with E-state index < -0.39 is 5.97 Å². The van der Waals surface area contributed by atoms with Gasteiger partial charge in [0.2, 0.25) is 0 Å². The number of carbonyl (C=O) groups is 2. The third-order valence-corrected chi connectivity index (χ3v) is 4.11. The molecule has 21 heavy (non-hydrogen) atoms. The molecular weight excluding hydrogens is 268 g/mol. The smallest absolute Gasteiger partial charge is 0.318 e. The highest BCUT2D eigenvalue weighted by Crippen LogP contribution is 2.29. The Morgan fingerprint density at radius 2 is 1.95 bits per heavy atom. The molecule has 0 aromatic rings. The van der Waals surface area contributed by atoms with Crippen LogP contribution in [0.3, 0.4) is 0 Å². The number of hydrogen-bond donors (Lipinski definition) is 2. The lowest BCUT2D eigenvalue weighted by Crippen LogP contribution is -2.51. The van der Waals surface area contributed by atoms with Crippen LogP contribution in [0.15, 0.2) is 12.7 Å². The Balaban J connectivity index is 2.61. The van der Waals surface area contributed by atoms with Crippen LogP contribution in [0.25, 0.3) is 0 Å². The molecule has 1 saturated carbocycles. The largest absolute Gasteiger partial charge is 0.481 e. The molecule has 5 nitrogen and oxygen atoms in total. The van der Waals surface area contributed by atoms with Gasteiger partial charge in [0.05, 0.1) is 5.92 Å². The number of rotatable bonds is 5. The number of carboxylic acids is 1. The van der Waals surface area contributed by atoms with Crippen LogP contribution >= 0.6 is 0 Å². The summed E-state index contributed by atoms with van der Waals surface area (Å²) in [5.41, 5.74) is -0.295. The molecule has 0 aromatic carbocycles. The van der Waals surface area contributed by atoms with Crippen molar-refractivity contribution in [1.82, 2.24) is 10.2 Å². The van der Waals surface area contributed by atoms with Crippen LogP contribution in [0.1, 0.15) is 46.5 Å². The zero-order valence-corrected chi connectivity index (χ0v) is 13.4. The molecular formula is C16H28N2O3. The van der Waals surface area contributed by atoms with Gasteiger partial charge in [-0.3, -0.25) is 4.79 Å². The molecule has 1 aliphatic carbocycles. The summed E-state index contributed by atoms with van der Waals surface area (Å²) < 4.78 is 0. The Bertz CT molecular complexity index is 387. The van der Waals surface area contributed by atoms with E-state index in [4.69, 9.17) is 0 Å². The maximum Gasteiger partial charge on any atom is 0.318 e. The van der Waals surface area contributed by atoms with Crippen molar-refractivity contribution < 1.29 is 14.7 Å². The summed E-state index contributed by atoms with van der Waals surface area (Å²) in [6.07, 6.45) is 5.29. The van der Waals surface area contributed by atoms with Gasteiger partial charge >= 0.3 is 12.0 Å². The Labute approximate surface area is 127 Å². The first-order valence-electron chi connectivity index (χ1n) is 7.66. The van der Waals surface area contributed by atoms with E-state index in [1.165, 1.54) is 0 Å². The summed E-state index contributed by atoms with van der Waals surface area (Å²) in [7, 11) is 0. The van der Waals surface area contributed by atoms with E-state index in [1.807, 2.05) is 20.8 Å². The van der Waals surface area contributed by atoms with Crippen LogP contribution in [0.5, 0.6) is 0 Å². The van der Waals surface area contributed by atoms with Crippen molar-refractivity contribution in [3.05, 3.63) is 12.7 Å². The van der Waals surface area contributed by atoms with E-state index >= 15 is 0 Å². The van der Waals surface area contributed by atoms with Gasteiger partial charge < -0.3 is 15.3 Å². The number of carbonyl (C=O) groups excluding carboxylic acids is 1. The van der Waals surface area contributed by atoms with E-state index in [2.05, 4.69) is 11.9 Å². The van der Waals surface area contributed by atoms with Gasteiger partial charge in [-0.1, -0.05) is 18.9 Å². The maximum absolute atomic E-state index is 12.3. The minimum absolute atomic E-state index is 0.0331. The highest BCUT2D eigenvalue weighted by Gasteiger charge is 2.32. The lowest BCUT2D eigenvalue weighted by atomic mass is 9.79. The summed E-state index contributed by atoms with van der Waals surface area (Å²) in [5, 5.41) is 12.2. The molecule has 2 N–H and O–H groups in total. The normalized spacial score (nSPS) is 22.4. The van der Waals surface area contributed by atoms with Crippen LogP contribution in [0.4, 0.5) is 4.79 Å². The number of nitrogens with one attached hydrogen (secondary N) is 1. The second-order valence-electron chi connectivity index (χ2n) is 6.75. The highest BCUT2D eigenvalue weighted by molar-refractivity contribution is 5.75. The molecule has 2 atom stereocenters. The molecule has 2 unspecified atom stereocenters. The molecule has 0 heterocycles. The lowest BCUT2D eigenvalue weighted by molar-refractivity contribution is -0.144. The van der Waals surface area contributed by atoms with Crippen molar-refractivity contribution in [2.45, 2.75) is 52.0 Å². The average molecular weight is 296 g/mol. The van der Waals surface area contributed by atoms with E-state index in [0.29, 0.717) is 19.5 Å². The van der Waals surface area contributed by atoms with E-state index in [0.717, 1.165) is 19.3 Å². The van der Waals surface area contributed by atoms with Crippen molar-refractivity contribution in [2.24, 2.45) is 11.8 Å². The van der Waals surface area contributed by atoms with Gasteiger partial charge in [0.1, 0.15) is 0 Å². The summed E-state index contributed by atoms with van der Waals surface area (Å²) in [6.45, 7) is 10.5. The van der Waals surface area contributed by atoms with Gasteiger partial charge in [0, 0.05) is 18.6 Å². The summed E-state index contributed by atoms with van der Waals surface area (Å²) >= 11 is 0. The van der Waals surface area contributed by atoms with Gasteiger partial charge in [-0.25, -0.2) is 4.79 Å². The lowest BCUT2D eigenvalue weighted by Gasteiger charge is -2.36. The molecule has 0 aliphatic heterocycles. The van der Waals surface area contributed by atoms with Gasteiger partial charge in [-0.05, 0) is 39.5 Å². The second-order valence-corrected chi connectivity index (χ2v) is 6.75. The molecule has 1 fully saturated rings. The van der Waals surface area contributed by atoms with E-state index in [1.54, 1.807) is 11.0 Å². The second kappa shape index (κ2) is 7.48. The highest BCUT2D eigenvalue weighted by atomic mass is 16.4. The molecule has 0 radical (unpaired) electrons. The monoisotopic (exact) mass is 296 g/mol. The average Bonchev–Trinajstić information content (AvgIpc) is 2.41. The topological polar surface area (TPSA) is 69.6 Å². The molecule has 1 rings (SSSR count). The fourth-order valence-corrected chi connectivity index (χ4v) is 2.88. The molecule has 0 bridgehead atoms. The predicted molar refractivity (Wildman–Crippen MR) is 83.1 cm³/mol. The van der Waals surface area contributed by atoms with Gasteiger partial charge in [0.15, 0.2) is 0 Å². The van der Waals surface area contributed by atoms with Crippen molar-refractivity contribution in [1.29, 1.82) is 0 Å². The minimum atomic E-state index is -0.743. The van der Waals surface area contributed by atoms with Crippen LogP contribution in [0, 0.1) is 11.8 Å². The van der Waals surface area contributed by atoms with Crippen LogP contribution in [-0.2, 0) is 4.79 Å². The Kier molecular flexibility index (Phi) is 6.24. The standard InChI is InChI=1S/C16H28N2O3/c1-5-10-18(16(2,3)4)15(21)17-11-12-8-6-7-9-13(12)14(19)20/h5,12-13H,1,6-11H2,2-4H3,(H,17,21)(H,19,20). The quantitative estimate of drug-likeness (QED) is 0.766. The SMILES string of the molecule is C=CCN(C(=O)NCC1CCCCC1C(=O)O)C(C)(C)C. The third-order valence-electron chi connectivity index (χ3n) is 4.11. The molecule has 0 spiro atoms. The summed E-state index contributed by atoms with van der Waals surface area (Å²) in [4.78, 5) is 25.3. The third kappa shape index (κ3) is 5.06. The number of hydrogen-bond acceptors (Lipinski definition) is 2. The first-order chi connectivity index (χ1) is 9.77. The van der Waals surface area contributed by atoms with Crippen molar-refractivity contribution >= 4 is 12.0 Å². The molecule has 0 saturated heterocycles. The van der Waals surface area contributed by atoms with Crippen LogP contribution in [0.2, 0.25) is 0 Å². The van der Waals surface area contributed by atoms with Crippen molar-refractivity contribution in [3.63, 3.8) is 0 Å². The number of carboxylic acid groups (broad SMARTS) is 1. The molecule has 2 amide bonds. The predicted octanol–water partition coefficient (Wildman–Crippen LogP) is 2.87. The van der Waals surface area contributed by atoms with Gasteiger partial charge in [-0.2, -0.15) is 0 Å². The van der Waals surface area contributed by atoms with Crippen LogP contribution < -0.4 is 5.32 Å². The Morgan fingerprint density at radius 1 is 1.33 bits per heavy atom. The van der Waals surface area contributed by atoms with Crippen molar-refractivity contribution in [2.75, 3.05) is 13.1 Å². The Morgan fingerprint density at radius 3 is 2.48 bits per heavy atom. The molecule has 120 valence electrons. The van der Waals surface area contributed by atoms with Crippen LogP contribution in [-0.4, -0.2) is 40.6 Å². The molecule has 5 heteroatoms. The van der Waals surface area contributed by atoms with Gasteiger partial charge in [0.25, 0.3) is 0 Å². The fourth-order valence-electron chi connectivity index (χ4n) is 2.88. The van der Waals surface area contributed by atoms with E-state index in [-0.39, 0.29) is 23.4 Å². The van der Waals surface area contributed by atoms with E-state index in [9.17, 15) is 14.7 Å². The Hall–Kier alpha value is -1.52. The molecule has 1 aliphatic rings. The number of aliphatic carboxylic acids is 1. The number of urea groups is 1. The number of nitrogens with zero attached hydrogens (tertiary/aromatic N) is 1. The minimum Gasteiger partial charge on any atom is -0.481 e. The first-order valence-corrected chi connectivity index (χ1v) is 7.66. The fraction of sp³-hybridized carbons (Fsp3) is 0.750. The first kappa shape index (κ1) is 17.5. The zero-order chi connectivity index (χ0) is 16.0. The maximum atomic E-state index is 12.3. The number of amides is 2. The van der Waals surface area contributed by atoms with Gasteiger partial charge in [-0.15, -0.1) is 6.58 Å². The zero-order valence-electron chi connectivity index (χ0n) is 13.4. The summed E-state index contributed by atoms with van der Waals surface area (Å²) in [5.74, 6) is -1.04.